The van der Waals surface area contributed by atoms with Gasteiger partial charge in [0, 0.05) is 0 Å². The number of amides is 1. The Labute approximate surface area is 181 Å². The molecule has 0 spiro atoms. The molecule has 1 atom stereocenters. The van der Waals surface area contributed by atoms with E-state index in [4.69, 9.17) is 4.42 Å². The molecule has 1 heterocycles. The Morgan fingerprint density at radius 2 is 1.55 bits per heavy atom. The molecule has 1 aromatic heterocycles. The zero-order chi connectivity index (χ0) is 22.6. The van der Waals surface area contributed by atoms with Crippen molar-refractivity contribution >= 4 is 15.9 Å². The molecule has 0 saturated heterocycles. The largest absolute Gasteiger partial charge is 0.465 e. The van der Waals surface area contributed by atoms with Crippen LogP contribution in [-0.2, 0) is 21.4 Å². The van der Waals surface area contributed by atoms with Gasteiger partial charge in [-0.3, -0.25) is 4.79 Å². The van der Waals surface area contributed by atoms with E-state index in [-0.39, 0.29) is 23.2 Å². The molecule has 1 amide bonds. The van der Waals surface area contributed by atoms with Gasteiger partial charge in [-0.1, -0.05) is 38.1 Å². The van der Waals surface area contributed by atoms with E-state index >= 15 is 0 Å². The predicted octanol–water partition coefficient (Wildman–Crippen LogP) is 4.01. The zero-order valence-electron chi connectivity index (χ0n) is 17.6. The molecule has 0 aliphatic heterocycles. The highest BCUT2D eigenvalue weighted by Gasteiger charge is 2.28. The molecule has 2 aromatic carbocycles. The van der Waals surface area contributed by atoms with Crippen molar-refractivity contribution in [1.29, 1.82) is 0 Å². The zero-order valence-corrected chi connectivity index (χ0v) is 18.4. The van der Waals surface area contributed by atoms with Crippen molar-refractivity contribution in [3.05, 3.63) is 78.0 Å². The second kappa shape index (κ2) is 9.45. The molecule has 0 saturated carbocycles. The lowest BCUT2D eigenvalue weighted by Gasteiger charge is -2.21. The first-order valence-electron chi connectivity index (χ1n) is 9.87. The van der Waals surface area contributed by atoms with Gasteiger partial charge in [-0.05, 0) is 60.4 Å². The fourth-order valence-corrected chi connectivity index (χ4v) is 4.40. The van der Waals surface area contributed by atoms with E-state index in [0.717, 1.165) is 16.9 Å². The molecular formula is C23H25FN2O4S. The highest BCUT2D eigenvalue weighted by molar-refractivity contribution is 7.89. The third-order valence-electron chi connectivity index (χ3n) is 4.81. The van der Waals surface area contributed by atoms with Crippen molar-refractivity contribution in [3.63, 3.8) is 0 Å². The number of sulfonamides is 1. The van der Waals surface area contributed by atoms with Crippen molar-refractivity contribution in [2.24, 2.45) is 5.92 Å². The second-order valence-corrected chi connectivity index (χ2v) is 9.32. The molecule has 0 fully saturated rings. The lowest BCUT2D eigenvalue weighted by Crippen LogP contribution is -2.49. The molecule has 0 bridgehead atoms. The second-order valence-electron chi connectivity index (χ2n) is 7.60. The number of rotatable bonds is 8. The molecule has 164 valence electrons. The number of hydrogen-bond acceptors (Lipinski definition) is 4. The summed E-state index contributed by atoms with van der Waals surface area (Å²) in [6, 6.07) is 14.7. The molecule has 8 heteroatoms. The number of furan rings is 1. The Morgan fingerprint density at radius 3 is 2.06 bits per heavy atom. The topological polar surface area (TPSA) is 88.4 Å². The first-order valence-corrected chi connectivity index (χ1v) is 11.4. The van der Waals surface area contributed by atoms with Crippen molar-refractivity contribution in [3.8, 4) is 11.1 Å². The van der Waals surface area contributed by atoms with Crippen LogP contribution in [0.4, 0.5) is 4.39 Å². The maximum Gasteiger partial charge on any atom is 0.241 e. The van der Waals surface area contributed by atoms with Crippen LogP contribution in [0.1, 0.15) is 25.4 Å². The number of halogens is 1. The molecule has 3 rings (SSSR count). The van der Waals surface area contributed by atoms with Crippen LogP contribution in [0, 0.1) is 18.7 Å². The van der Waals surface area contributed by atoms with E-state index in [1.807, 2.05) is 0 Å². The van der Waals surface area contributed by atoms with Gasteiger partial charge in [-0.15, -0.1) is 0 Å². The average molecular weight is 445 g/mol. The predicted molar refractivity (Wildman–Crippen MR) is 116 cm³/mol. The van der Waals surface area contributed by atoms with Gasteiger partial charge in [0.05, 0.1) is 11.4 Å². The maximum absolute atomic E-state index is 13.1. The molecule has 0 aliphatic carbocycles. The van der Waals surface area contributed by atoms with Crippen molar-refractivity contribution in [2.45, 2.75) is 38.3 Å². The summed E-state index contributed by atoms with van der Waals surface area (Å²) in [5, 5.41) is 2.71. The van der Waals surface area contributed by atoms with Crippen LogP contribution in [0.2, 0.25) is 0 Å². The minimum atomic E-state index is -3.93. The Bertz CT molecular complexity index is 1140. The Morgan fingerprint density at radius 1 is 0.968 bits per heavy atom. The number of benzene rings is 2. The third-order valence-corrected chi connectivity index (χ3v) is 6.26. The molecule has 0 aliphatic rings. The quantitative estimate of drug-likeness (QED) is 0.549. The van der Waals surface area contributed by atoms with E-state index in [2.05, 4.69) is 10.0 Å². The summed E-state index contributed by atoms with van der Waals surface area (Å²) in [5.74, 6) is 0.275. The number of aryl methyl sites for hydroxylation is 1. The van der Waals surface area contributed by atoms with Gasteiger partial charge in [0.15, 0.2) is 0 Å². The Hall–Kier alpha value is -2.97. The number of carbonyl (C=O) groups excluding carboxylic acids is 1. The minimum absolute atomic E-state index is 0.0403. The van der Waals surface area contributed by atoms with Crippen LogP contribution in [0.25, 0.3) is 11.1 Å². The van der Waals surface area contributed by atoms with E-state index < -0.39 is 22.0 Å². The average Bonchev–Trinajstić information content (AvgIpc) is 3.16. The van der Waals surface area contributed by atoms with E-state index in [1.165, 1.54) is 24.3 Å². The van der Waals surface area contributed by atoms with Crippen molar-refractivity contribution in [1.82, 2.24) is 10.0 Å². The monoisotopic (exact) mass is 444 g/mol. The van der Waals surface area contributed by atoms with Crippen LogP contribution in [0.3, 0.4) is 0 Å². The van der Waals surface area contributed by atoms with Gasteiger partial charge in [0.25, 0.3) is 0 Å². The molecule has 31 heavy (non-hydrogen) atoms. The summed E-state index contributed by atoms with van der Waals surface area (Å²) in [6.07, 6.45) is 0. The lowest BCUT2D eigenvalue weighted by atomic mass is 10.1. The SMILES string of the molecule is Cc1ccc(CNC(=O)[C@H](NS(=O)(=O)c2ccc(-c3ccc(F)cc3)cc2)C(C)C)o1. The minimum Gasteiger partial charge on any atom is -0.465 e. The van der Waals surface area contributed by atoms with E-state index in [1.54, 1.807) is 57.2 Å². The molecule has 0 radical (unpaired) electrons. The summed E-state index contributed by atoms with van der Waals surface area (Å²) < 4.78 is 46.7. The summed E-state index contributed by atoms with van der Waals surface area (Å²) >= 11 is 0. The Kier molecular flexibility index (Phi) is 6.92. The number of nitrogens with one attached hydrogen (secondary N) is 2. The van der Waals surface area contributed by atoms with Gasteiger partial charge >= 0.3 is 0 Å². The molecule has 2 N–H and O–H groups in total. The fourth-order valence-electron chi connectivity index (χ4n) is 3.06. The first kappa shape index (κ1) is 22.7. The van der Waals surface area contributed by atoms with E-state index in [9.17, 15) is 17.6 Å². The normalized spacial score (nSPS) is 12.7. The van der Waals surface area contributed by atoms with Crippen LogP contribution in [-0.4, -0.2) is 20.4 Å². The fraction of sp³-hybridized carbons (Fsp3) is 0.261. The van der Waals surface area contributed by atoms with Crippen LogP contribution < -0.4 is 10.0 Å². The number of hydrogen-bond donors (Lipinski definition) is 2. The summed E-state index contributed by atoms with van der Waals surface area (Å²) in [4.78, 5) is 12.7. The van der Waals surface area contributed by atoms with E-state index in [0.29, 0.717) is 5.76 Å². The van der Waals surface area contributed by atoms with Crippen molar-refractivity contribution in [2.75, 3.05) is 0 Å². The standard InChI is InChI=1S/C23H25FN2O4S/c1-15(2)22(23(27)25-14-20-11-4-16(3)30-20)26-31(28,29)21-12-7-18(8-13-21)17-5-9-19(24)10-6-17/h4-13,15,22,26H,14H2,1-3H3,(H,25,27)/t22-/m1/s1. The lowest BCUT2D eigenvalue weighted by molar-refractivity contribution is -0.123. The van der Waals surface area contributed by atoms with Gasteiger partial charge in [-0.25, -0.2) is 12.8 Å². The van der Waals surface area contributed by atoms with Gasteiger partial charge in [0.2, 0.25) is 15.9 Å². The van der Waals surface area contributed by atoms with Crippen LogP contribution in [0.5, 0.6) is 0 Å². The summed E-state index contributed by atoms with van der Waals surface area (Å²) in [7, 11) is -3.93. The van der Waals surface area contributed by atoms with Crippen molar-refractivity contribution < 1.29 is 22.0 Å². The third kappa shape index (κ3) is 5.80. The van der Waals surface area contributed by atoms with Crippen LogP contribution >= 0.6 is 0 Å². The van der Waals surface area contributed by atoms with Gasteiger partial charge < -0.3 is 9.73 Å². The van der Waals surface area contributed by atoms with Gasteiger partial charge in [-0.2, -0.15) is 4.72 Å². The highest BCUT2D eigenvalue weighted by atomic mass is 32.2. The van der Waals surface area contributed by atoms with Gasteiger partial charge in [0.1, 0.15) is 23.4 Å². The Balaban J connectivity index is 1.71. The van der Waals surface area contributed by atoms with Crippen LogP contribution in [0.15, 0.2) is 70.0 Å². The highest BCUT2D eigenvalue weighted by Crippen LogP contribution is 2.22. The molecular weight excluding hydrogens is 419 g/mol. The molecule has 0 unspecified atom stereocenters. The maximum atomic E-state index is 13.1. The summed E-state index contributed by atoms with van der Waals surface area (Å²) in [5.41, 5.74) is 1.52. The molecule has 6 nitrogen and oxygen atoms in total. The first-order chi connectivity index (χ1) is 14.7. The molecule has 3 aromatic rings. The smallest absolute Gasteiger partial charge is 0.241 e. The number of carbonyl (C=O) groups is 1. The summed E-state index contributed by atoms with van der Waals surface area (Å²) in [6.45, 7) is 5.50.